The van der Waals surface area contributed by atoms with E-state index in [0.29, 0.717) is 15.8 Å². The number of amides is 1. The molecule has 0 bridgehead atoms. The summed E-state index contributed by atoms with van der Waals surface area (Å²) in [4.78, 5) is 14.6. The van der Waals surface area contributed by atoms with E-state index in [4.69, 9.17) is 4.74 Å². The summed E-state index contributed by atoms with van der Waals surface area (Å²) in [5.41, 5.74) is 3.74. The molecular formula is C19H21BrN2O3. The molecule has 0 saturated heterocycles. The van der Waals surface area contributed by atoms with Crippen LogP contribution in [0.3, 0.4) is 0 Å². The Kier molecular flexibility index (Phi) is 5.30. The number of benzene rings is 2. The fourth-order valence-corrected chi connectivity index (χ4v) is 3.43. The normalized spacial score (nSPS) is 14.2. The first kappa shape index (κ1) is 17.8. The Morgan fingerprint density at radius 3 is 2.92 bits per heavy atom. The van der Waals surface area contributed by atoms with Crippen LogP contribution in [-0.4, -0.2) is 38.3 Å². The van der Waals surface area contributed by atoms with Gasteiger partial charge in [0.2, 0.25) is 0 Å². The molecule has 0 fully saturated rings. The zero-order valence-corrected chi connectivity index (χ0v) is 15.8. The summed E-state index contributed by atoms with van der Waals surface area (Å²) in [6, 6.07) is 11.2. The van der Waals surface area contributed by atoms with Crippen molar-refractivity contribution < 1.29 is 14.6 Å². The van der Waals surface area contributed by atoms with Crippen LogP contribution in [0, 0.1) is 0 Å². The molecular weight excluding hydrogens is 384 g/mol. The zero-order valence-electron chi connectivity index (χ0n) is 14.3. The van der Waals surface area contributed by atoms with E-state index in [2.05, 4.69) is 33.2 Å². The first-order valence-electron chi connectivity index (χ1n) is 8.13. The second kappa shape index (κ2) is 7.45. The molecule has 1 atom stereocenters. The number of methoxy groups -OCH3 is 1. The SMILES string of the molecule is COc1ccc(Br)c(C(=O)NC[C@@H](O)c2ccc3c(c2)CCN3C)c1. The number of ether oxygens (including phenoxy) is 1. The highest BCUT2D eigenvalue weighted by atomic mass is 79.9. The maximum absolute atomic E-state index is 12.4. The number of nitrogens with one attached hydrogen (secondary N) is 1. The van der Waals surface area contributed by atoms with Crippen molar-refractivity contribution in [1.29, 1.82) is 0 Å². The van der Waals surface area contributed by atoms with Crippen LogP contribution in [0.4, 0.5) is 5.69 Å². The van der Waals surface area contributed by atoms with Crippen LogP contribution in [0.1, 0.15) is 27.6 Å². The minimum absolute atomic E-state index is 0.150. The lowest BCUT2D eigenvalue weighted by Gasteiger charge is -2.16. The minimum Gasteiger partial charge on any atom is -0.497 e. The second-order valence-electron chi connectivity index (χ2n) is 6.13. The molecule has 2 N–H and O–H groups in total. The van der Waals surface area contributed by atoms with Gasteiger partial charge in [0.1, 0.15) is 5.75 Å². The number of nitrogens with zero attached hydrogens (tertiary/aromatic N) is 1. The van der Waals surface area contributed by atoms with Crippen LogP contribution in [0.25, 0.3) is 0 Å². The first-order chi connectivity index (χ1) is 12.0. The number of carbonyl (C=O) groups is 1. The fraction of sp³-hybridized carbons (Fsp3) is 0.316. The highest BCUT2D eigenvalue weighted by Crippen LogP contribution is 2.29. The molecule has 0 spiro atoms. The van der Waals surface area contributed by atoms with Gasteiger partial charge in [0.15, 0.2) is 0 Å². The Morgan fingerprint density at radius 2 is 2.16 bits per heavy atom. The van der Waals surface area contributed by atoms with Gasteiger partial charge in [0.05, 0.1) is 18.8 Å². The third-order valence-corrected chi connectivity index (χ3v) is 5.18. The number of aliphatic hydroxyl groups is 1. The van der Waals surface area contributed by atoms with Crippen LogP contribution in [0.15, 0.2) is 40.9 Å². The van der Waals surface area contributed by atoms with Gasteiger partial charge in [0.25, 0.3) is 5.91 Å². The van der Waals surface area contributed by atoms with Crippen LogP contribution in [-0.2, 0) is 6.42 Å². The van der Waals surface area contributed by atoms with Crippen molar-refractivity contribution in [3.8, 4) is 5.75 Å². The number of rotatable bonds is 5. The van der Waals surface area contributed by atoms with Gasteiger partial charge in [-0.15, -0.1) is 0 Å². The summed E-state index contributed by atoms with van der Waals surface area (Å²) < 4.78 is 5.83. The van der Waals surface area contributed by atoms with Crippen molar-refractivity contribution >= 4 is 27.5 Å². The number of carbonyl (C=O) groups excluding carboxylic acids is 1. The van der Waals surface area contributed by atoms with Gasteiger partial charge in [-0.3, -0.25) is 4.79 Å². The Morgan fingerprint density at radius 1 is 1.36 bits per heavy atom. The van der Waals surface area contributed by atoms with E-state index >= 15 is 0 Å². The number of halogens is 1. The van der Waals surface area contributed by atoms with Gasteiger partial charge >= 0.3 is 0 Å². The number of fused-ring (bicyclic) bond motifs is 1. The van der Waals surface area contributed by atoms with Gasteiger partial charge in [-0.25, -0.2) is 0 Å². The third-order valence-electron chi connectivity index (χ3n) is 4.49. The summed E-state index contributed by atoms with van der Waals surface area (Å²) in [5.74, 6) is 0.349. The van der Waals surface area contributed by atoms with E-state index in [1.165, 1.54) is 11.3 Å². The van der Waals surface area contributed by atoms with Gasteiger partial charge in [-0.1, -0.05) is 12.1 Å². The van der Waals surface area contributed by atoms with E-state index in [1.807, 2.05) is 18.2 Å². The zero-order chi connectivity index (χ0) is 18.0. The van der Waals surface area contributed by atoms with Crippen molar-refractivity contribution in [1.82, 2.24) is 5.32 Å². The lowest BCUT2D eigenvalue weighted by Crippen LogP contribution is -2.28. The van der Waals surface area contributed by atoms with Crippen LogP contribution in [0.5, 0.6) is 5.75 Å². The predicted octanol–water partition coefficient (Wildman–Crippen LogP) is 2.91. The Labute approximate surface area is 155 Å². The highest BCUT2D eigenvalue weighted by Gasteiger charge is 2.19. The van der Waals surface area contributed by atoms with Crippen LogP contribution < -0.4 is 15.0 Å². The molecule has 3 rings (SSSR count). The Balaban J connectivity index is 1.66. The first-order valence-corrected chi connectivity index (χ1v) is 8.92. The predicted molar refractivity (Wildman–Crippen MR) is 101 cm³/mol. The molecule has 1 aliphatic rings. The summed E-state index contributed by atoms with van der Waals surface area (Å²) in [7, 11) is 3.62. The number of anilines is 1. The van der Waals surface area contributed by atoms with Crippen molar-refractivity contribution in [2.75, 3.05) is 32.1 Å². The van der Waals surface area contributed by atoms with Gasteiger partial charge in [-0.05, 0) is 57.7 Å². The smallest absolute Gasteiger partial charge is 0.252 e. The highest BCUT2D eigenvalue weighted by molar-refractivity contribution is 9.10. The molecule has 1 aliphatic heterocycles. The Bertz CT molecular complexity index is 794. The van der Waals surface area contributed by atoms with Crippen molar-refractivity contribution in [2.45, 2.75) is 12.5 Å². The second-order valence-corrected chi connectivity index (χ2v) is 6.99. The van der Waals surface area contributed by atoms with Crippen molar-refractivity contribution in [2.24, 2.45) is 0 Å². The summed E-state index contributed by atoms with van der Waals surface area (Å²) >= 11 is 3.37. The summed E-state index contributed by atoms with van der Waals surface area (Å²) in [5, 5.41) is 13.2. The maximum atomic E-state index is 12.4. The molecule has 1 amide bonds. The quantitative estimate of drug-likeness (QED) is 0.803. The lowest BCUT2D eigenvalue weighted by atomic mass is 10.0. The summed E-state index contributed by atoms with van der Waals surface area (Å²) in [6.07, 6.45) is 0.236. The molecule has 0 radical (unpaired) electrons. The molecule has 6 heteroatoms. The van der Waals surface area contributed by atoms with E-state index in [-0.39, 0.29) is 12.5 Å². The molecule has 0 saturated carbocycles. The maximum Gasteiger partial charge on any atom is 0.252 e. The number of aliphatic hydroxyl groups excluding tert-OH is 1. The number of likely N-dealkylation sites (N-methyl/N-ethyl adjacent to an activating group) is 1. The van der Waals surface area contributed by atoms with Crippen LogP contribution >= 0.6 is 15.9 Å². The van der Waals surface area contributed by atoms with Crippen LogP contribution in [0.2, 0.25) is 0 Å². The third kappa shape index (κ3) is 3.80. The molecule has 0 unspecified atom stereocenters. The molecule has 5 nitrogen and oxygen atoms in total. The van der Waals surface area contributed by atoms with E-state index < -0.39 is 6.10 Å². The van der Waals surface area contributed by atoms with E-state index in [1.54, 1.807) is 25.3 Å². The molecule has 0 aliphatic carbocycles. The molecule has 2 aromatic carbocycles. The Hall–Kier alpha value is -2.05. The molecule has 2 aromatic rings. The largest absolute Gasteiger partial charge is 0.497 e. The van der Waals surface area contributed by atoms with Gasteiger partial charge in [0, 0.05) is 30.3 Å². The van der Waals surface area contributed by atoms with Crippen molar-refractivity contribution in [3.63, 3.8) is 0 Å². The topological polar surface area (TPSA) is 61.8 Å². The average molecular weight is 405 g/mol. The van der Waals surface area contributed by atoms with E-state index in [0.717, 1.165) is 18.5 Å². The molecule has 132 valence electrons. The number of hydrogen-bond donors (Lipinski definition) is 2. The number of hydrogen-bond acceptors (Lipinski definition) is 4. The molecule has 25 heavy (non-hydrogen) atoms. The van der Waals surface area contributed by atoms with E-state index in [9.17, 15) is 9.90 Å². The summed E-state index contributed by atoms with van der Waals surface area (Å²) in [6.45, 7) is 1.15. The average Bonchev–Trinajstić information content (AvgIpc) is 3.00. The van der Waals surface area contributed by atoms with Gasteiger partial charge in [-0.2, -0.15) is 0 Å². The van der Waals surface area contributed by atoms with Crippen molar-refractivity contribution in [3.05, 3.63) is 57.6 Å². The standard InChI is InChI=1S/C19H21BrN2O3/c1-22-8-7-12-9-13(3-6-17(12)22)18(23)11-21-19(24)15-10-14(25-2)4-5-16(15)20/h3-6,9-10,18,23H,7-8,11H2,1-2H3,(H,21,24)/t18-/m1/s1. The monoisotopic (exact) mass is 404 g/mol. The lowest BCUT2D eigenvalue weighted by molar-refractivity contribution is 0.0915. The van der Waals surface area contributed by atoms with Gasteiger partial charge < -0.3 is 20.1 Å². The fourth-order valence-electron chi connectivity index (χ4n) is 3.00. The molecule has 0 aromatic heterocycles. The molecule has 1 heterocycles. The minimum atomic E-state index is -0.746.